The van der Waals surface area contributed by atoms with Crippen molar-refractivity contribution in [2.75, 3.05) is 55.7 Å². The number of pyridine rings is 1. The summed E-state index contributed by atoms with van der Waals surface area (Å²) in [5.41, 5.74) is 2.67. The molecule has 0 unspecified atom stereocenters. The molecule has 0 radical (unpaired) electrons. The molecule has 47 heavy (non-hydrogen) atoms. The van der Waals surface area contributed by atoms with Crippen LogP contribution < -0.4 is 16.0 Å². The molecule has 3 heterocycles. The summed E-state index contributed by atoms with van der Waals surface area (Å²) in [5.74, 6) is -0.506. The normalized spacial score (nSPS) is 13.6. The Labute approximate surface area is 269 Å². The molecule has 0 saturated carbocycles. The van der Waals surface area contributed by atoms with Crippen molar-refractivity contribution in [3.8, 4) is 0 Å². The standard InChI is InChI=1S/C33H33F3N8O3/c1-21-3-6-26(40-30(46)29-17-24(9-11-38-29)33(34,35)36)18-28(21)37-12-10-27-23(20-45)19-39-32(42-27)41-25-7-4-22(5-8-25)31(47)44-15-13-43(2)14-16-44/h3-9,11,17-20,37H,10,12-16H2,1-2H3,(H,40,46)(H,39,41,42). The number of rotatable bonds is 10. The van der Waals surface area contributed by atoms with Crippen LogP contribution in [0.15, 0.2) is 67.0 Å². The van der Waals surface area contributed by atoms with Gasteiger partial charge >= 0.3 is 6.18 Å². The number of aldehydes is 1. The van der Waals surface area contributed by atoms with Crippen LogP contribution in [0.3, 0.4) is 0 Å². The Morgan fingerprint density at radius 3 is 2.38 bits per heavy atom. The molecule has 4 aromatic rings. The number of aromatic nitrogens is 3. The average Bonchev–Trinajstić information content (AvgIpc) is 3.06. The number of carbonyl (C=O) groups is 3. The van der Waals surface area contributed by atoms with E-state index in [9.17, 15) is 27.6 Å². The second kappa shape index (κ2) is 14.4. The molecule has 1 aliphatic rings. The summed E-state index contributed by atoms with van der Waals surface area (Å²) < 4.78 is 39.2. The number of nitrogens with zero attached hydrogens (tertiary/aromatic N) is 5. The molecule has 1 saturated heterocycles. The fraction of sp³-hybridized carbons (Fsp3) is 0.273. The molecule has 1 fully saturated rings. The molecular weight excluding hydrogens is 613 g/mol. The van der Waals surface area contributed by atoms with E-state index in [-0.39, 0.29) is 17.5 Å². The van der Waals surface area contributed by atoms with Crippen LogP contribution >= 0.6 is 0 Å². The first kappa shape index (κ1) is 33.0. The molecule has 1 aliphatic heterocycles. The lowest BCUT2D eigenvalue weighted by Gasteiger charge is -2.32. The number of amides is 2. The SMILES string of the molecule is Cc1ccc(NC(=O)c2cc(C(F)(F)F)ccn2)cc1NCCc1nc(Nc2ccc(C(=O)N3CCN(C)CC3)cc2)ncc1C=O. The first-order valence-electron chi connectivity index (χ1n) is 14.9. The van der Waals surface area contributed by atoms with E-state index in [1.54, 1.807) is 42.5 Å². The summed E-state index contributed by atoms with van der Waals surface area (Å²) in [6.07, 6.45) is -1.18. The molecule has 2 amide bonds. The van der Waals surface area contributed by atoms with Crippen LogP contribution in [-0.2, 0) is 12.6 Å². The molecule has 3 N–H and O–H groups in total. The van der Waals surface area contributed by atoms with Crippen molar-refractivity contribution in [2.24, 2.45) is 0 Å². The lowest BCUT2D eigenvalue weighted by Crippen LogP contribution is -2.47. The highest BCUT2D eigenvalue weighted by Gasteiger charge is 2.31. The minimum absolute atomic E-state index is 0.0121. The summed E-state index contributed by atoms with van der Waals surface area (Å²) in [5, 5.41) is 8.96. The largest absolute Gasteiger partial charge is 0.416 e. The summed E-state index contributed by atoms with van der Waals surface area (Å²) in [6.45, 7) is 5.28. The van der Waals surface area contributed by atoms with E-state index in [2.05, 4.69) is 35.8 Å². The number of benzene rings is 2. The van der Waals surface area contributed by atoms with Crippen LogP contribution in [0.25, 0.3) is 0 Å². The Kier molecular flexibility index (Phi) is 10.1. The zero-order chi connectivity index (χ0) is 33.6. The second-order valence-corrected chi connectivity index (χ2v) is 11.1. The Balaban J connectivity index is 1.20. The quantitative estimate of drug-likeness (QED) is 0.203. The number of halogens is 3. The van der Waals surface area contributed by atoms with E-state index in [1.807, 2.05) is 18.9 Å². The van der Waals surface area contributed by atoms with E-state index < -0.39 is 17.6 Å². The lowest BCUT2D eigenvalue weighted by molar-refractivity contribution is -0.137. The molecule has 5 rings (SSSR count). The third kappa shape index (κ3) is 8.47. The maximum Gasteiger partial charge on any atom is 0.416 e. The van der Waals surface area contributed by atoms with Crippen LogP contribution in [0.2, 0.25) is 0 Å². The molecular formula is C33H33F3N8O3. The predicted molar refractivity (Wildman–Crippen MR) is 171 cm³/mol. The fourth-order valence-corrected chi connectivity index (χ4v) is 4.93. The van der Waals surface area contributed by atoms with Gasteiger partial charge < -0.3 is 25.8 Å². The van der Waals surface area contributed by atoms with Gasteiger partial charge in [-0.3, -0.25) is 19.4 Å². The van der Waals surface area contributed by atoms with Gasteiger partial charge in [-0.25, -0.2) is 9.97 Å². The van der Waals surface area contributed by atoms with Crippen molar-refractivity contribution in [3.05, 3.63) is 101 Å². The number of hydrogen-bond donors (Lipinski definition) is 3. The second-order valence-electron chi connectivity index (χ2n) is 11.1. The summed E-state index contributed by atoms with van der Waals surface area (Å²) >= 11 is 0. The maximum absolute atomic E-state index is 13.1. The van der Waals surface area contributed by atoms with Crippen molar-refractivity contribution in [3.63, 3.8) is 0 Å². The Morgan fingerprint density at radius 2 is 1.68 bits per heavy atom. The first-order chi connectivity index (χ1) is 22.5. The zero-order valence-electron chi connectivity index (χ0n) is 25.8. The number of alkyl halides is 3. The number of aryl methyl sites for hydroxylation is 1. The molecule has 0 atom stereocenters. The van der Waals surface area contributed by atoms with Gasteiger partial charge in [0, 0.05) is 74.2 Å². The molecule has 244 valence electrons. The first-order valence-corrected chi connectivity index (χ1v) is 14.9. The van der Waals surface area contributed by atoms with Gasteiger partial charge in [0.2, 0.25) is 5.95 Å². The topological polar surface area (TPSA) is 132 Å². The van der Waals surface area contributed by atoms with Crippen LogP contribution in [0.1, 0.15) is 48.0 Å². The molecule has 2 aromatic carbocycles. The minimum atomic E-state index is -4.60. The van der Waals surface area contributed by atoms with Crippen molar-refractivity contribution < 1.29 is 27.6 Å². The number of likely N-dealkylation sites (N-methyl/N-ethyl adjacent to an activating group) is 1. The molecule has 14 heteroatoms. The van der Waals surface area contributed by atoms with Gasteiger partial charge in [-0.15, -0.1) is 0 Å². The van der Waals surface area contributed by atoms with Crippen LogP contribution in [0.5, 0.6) is 0 Å². The van der Waals surface area contributed by atoms with Gasteiger partial charge in [0.25, 0.3) is 11.8 Å². The Morgan fingerprint density at radius 1 is 0.957 bits per heavy atom. The van der Waals surface area contributed by atoms with E-state index >= 15 is 0 Å². The molecule has 0 aliphatic carbocycles. The number of piperazine rings is 1. The van der Waals surface area contributed by atoms with E-state index in [0.717, 1.165) is 30.9 Å². The number of carbonyl (C=O) groups excluding carboxylic acids is 3. The Bertz CT molecular complexity index is 1760. The summed E-state index contributed by atoms with van der Waals surface area (Å²) in [7, 11) is 2.03. The predicted octanol–water partition coefficient (Wildman–Crippen LogP) is 5.05. The monoisotopic (exact) mass is 646 g/mol. The van der Waals surface area contributed by atoms with Crippen LogP contribution in [0.4, 0.5) is 36.2 Å². The van der Waals surface area contributed by atoms with Gasteiger partial charge in [-0.05, 0) is 68.1 Å². The van der Waals surface area contributed by atoms with E-state index in [4.69, 9.17) is 0 Å². The molecule has 11 nitrogen and oxygen atoms in total. The van der Waals surface area contributed by atoms with Crippen molar-refractivity contribution in [1.82, 2.24) is 24.8 Å². The van der Waals surface area contributed by atoms with Gasteiger partial charge in [-0.1, -0.05) is 6.07 Å². The summed E-state index contributed by atoms with van der Waals surface area (Å²) in [4.78, 5) is 53.7. The van der Waals surface area contributed by atoms with E-state index in [1.165, 1.54) is 6.20 Å². The lowest BCUT2D eigenvalue weighted by atomic mass is 10.1. The van der Waals surface area contributed by atoms with Crippen LogP contribution in [-0.4, -0.2) is 82.6 Å². The minimum Gasteiger partial charge on any atom is -0.384 e. The van der Waals surface area contributed by atoms with Gasteiger partial charge in [0.15, 0.2) is 6.29 Å². The number of anilines is 4. The van der Waals surface area contributed by atoms with Crippen molar-refractivity contribution >= 4 is 41.1 Å². The fourth-order valence-electron chi connectivity index (χ4n) is 4.93. The number of hydrogen-bond acceptors (Lipinski definition) is 9. The van der Waals surface area contributed by atoms with Gasteiger partial charge in [0.05, 0.1) is 16.8 Å². The molecule has 0 bridgehead atoms. The van der Waals surface area contributed by atoms with Crippen LogP contribution in [0, 0.1) is 6.92 Å². The smallest absolute Gasteiger partial charge is 0.384 e. The van der Waals surface area contributed by atoms with E-state index in [0.29, 0.717) is 72.3 Å². The Hall–Kier alpha value is -5.37. The number of nitrogens with one attached hydrogen (secondary N) is 3. The van der Waals surface area contributed by atoms with Crippen molar-refractivity contribution in [2.45, 2.75) is 19.5 Å². The maximum atomic E-state index is 13.1. The highest BCUT2D eigenvalue weighted by atomic mass is 19.4. The van der Waals surface area contributed by atoms with Gasteiger partial charge in [0.1, 0.15) is 5.69 Å². The molecule has 0 spiro atoms. The third-order valence-corrected chi connectivity index (χ3v) is 7.70. The highest BCUT2D eigenvalue weighted by molar-refractivity contribution is 6.03. The average molecular weight is 647 g/mol. The van der Waals surface area contributed by atoms with Crippen molar-refractivity contribution in [1.29, 1.82) is 0 Å². The zero-order valence-corrected chi connectivity index (χ0v) is 25.8. The third-order valence-electron chi connectivity index (χ3n) is 7.70. The van der Waals surface area contributed by atoms with Gasteiger partial charge in [-0.2, -0.15) is 13.2 Å². The molecule has 2 aromatic heterocycles. The highest BCUT2D eigenvalue weighted by Crippen LogP contribution is 2.29. The summed E-state index contributed by atoms with van der Waals surface area (Å²) in [6, 6.07) is 13.6.